The molecule has 0 radical (unpaired) electrons. The summed E-state index contributed by atoms with van der Waals surface area (Å²) in [6.45, 7) is 3.37. The number of hydrogen-bond donors (Lipinski definition) is 1. The lowest BCUT2D eigenvalue weighted by molar-refractivity contribution is -0.142. The molecule has 0 saturated carbocycles. The van der Waals surface area contributed by atoms with Gasteiger partial charge in [0, 0.05) is 8.95 Å². The maximum Gasteiger partial charge on any atom is 0.313 e. The van der Waals surface area contributed by atoms with Crippen LogP contribution in [0.4, 0.5) is 0 Å². The number of rotatable bonds is 2. The molecule has 0 atom stereocenters. The maximum absolute atomic E-state index is 11.0. The predicted octanol–water partition coefficient (Wildman–Crippen LogP) is 3.57. The van der Waals surface area contributed by atoms with Crippen molar-refractivity contribution in [3.8, 4) is 0 Å². The van der Waals surface area contributed by atoms with Crippen molar-refractivity contribution in [1.29, 1.82) is 0 Å². The van der Waals surface area contributed by atoms with Crippen LogP contribution >= 0.6 is 31.9 Å². The highest BCUT2D eigenvalue weighted by atomic mass is 79.9. The first-order valence-corrected chi connectivity index (χ1v) is 5.62. The van der Waals surface area contributed by atoms with E-state index < -0.39 is 11.4 Å². The molecule has 0 saturated heterocycles. The zero-order chi connectivity index (χ0) is 10.9. The number of carboxylic acid groups (broad SMARTS) is 1. The van der Waals surface area contributed by atoms with Gasteiger partial charge in [0.2, 0.25) is 0 Å². The van der Waals surface area contributed by atoms with Crippen LogP contribution in [0.25, 0.3) is 0 Å². The Hall–Kier alpha value is -0.350. The van der Waals surface area contributed by atoms with Crippen LogP contribution in [-0.2, 0) is 10.2 Å². The molecule has 0 aliphatic carbocycles. The van der Waals surface area contributed by atoms with Gasteiger partial charge in [0.25, 0.3) is 0 Å². The minimum absolute atomic E-state index is 0.770. The highest BCUT2D eigenvalue weighted by Crippen LogP contribution is 2.29. The first kappa shape index (κ1) is 11.7. The van der Waals surface area contributed by atoms with Gasteiger partial charge in [-0.15, -0.1) is 0 Å². The number of carbonyl (C=O) groups is 1. The molecule has 0 unspecified atom stereocenters. The minimum atomic E-state index is -0.869. The highest BCUT2D eigenvalue weighted by Gasteiger charge is 2.29. The Balaban J connectivity index is 3.25. The van der Waals surface area contributed by atoms with Crippen LogP contribution in [0.1, 0.15) is 19.4 Å². The second-order valence-corrected chi connectivity index (χ2v) is 5.42. The second kappa shape index (κ2) is 4.03. The summed E-state index contributed by atoms with van der Waals surface area (Å²) in [5, 5.41) is 9.05. The van der Waals surface area contributed by atoms with Crippen molar-refractivity contribution in [1.82, 2.24) is 0 Å². The van der Waals surface area contributed by atoms with E-state index in [2.05, 4.69) is 31.9 Å². The summed E-state index contributed by atoms with van der Waals surface area (Å²) in [4.78, 5) is 11.0. The lowest BCUT2D eigenvalue weighted by Gasteiger charge is -2.20. The Morgan fingerprint density at radius 2 is 1.64 bits per heavy atom. The third-order valence-corrected chi connectivity index (χ3v) is 3.03. The molecule has 1 aromatic rings. The van der Waals surface area contributed by atoms with E-state index in [1.807, 2.05) is 18.2 Å². The van der Waals surface area contributed by atoms with E-state index in [0.717, 1.165) is 14.5 Å². The fraction of sp³-hybridized carbons (Fsp3) is 0.300. The Bertz CT molecular complexity index is 352. The van der Waals surface area contributed by atoms with Gasteiger partial charge in [0.15, 0.2) is 0 Å². The summed E-state index contributed by atoms with van der Waals surface area (Å²) in [7, 11) is 0. The van der Waals surface area contributed by atoms with Gasteiger partial charge in [-0.3, -0.25) is 4.79 Å². The van der Waals surface area contributed by atoms with Gasteiger partial charge in [-0.2, -0.15) is 0 Å². The zero-order valence-corrected chi connectivity index (χ0v) is 11.0. The van der Waals surface area contributed by atoms with Crippen molar-refractivity contribution in [2.45, 2.75) is 19.3 Å². The van der Waals surface area contributed by atoms with Gasteiger partial charge in [-0.1, -0.05) is 31.9 Å². The van der Waals surface area contributed by atoms with E-state index in [1.165, 1.54) is 0 Å². The molecule has 0 aliphatic heterocycles. The van der Waals surface area contributed by atoms with Crippen molar-refractivity contribution >= 4 is 37.8 Å². The van der Waals surface area contributed by atoms with Gasteiger partial charge in [0.05, 0.1) is 5.41 Å². The van der Waals surface area contributed by atoms with E-state index in [9.17, 15) is 4.79 Å². The van der Waals surface area contributed by atoms with Crippen molar-refractivity contribution < 1.29 is 9.90 Å². The van der Waals surface area contributed by atoms with Gasteiger partial charge in [-0.25, -0.2) is 0 Å². The molecule has 1 rings (SSSR count). The summed E-state index contributed by atoms with van der Waals surface area (Å²) in [5.41, 5.74) is -0.0991. The topological polar surface area (TPSA) is 37.3 Å². The third-order valence-electron chi connectivity index (χ3n) is 2.12. The smallest absolute Gasteiger partial charge is 0.313 e. The maximum atomic E-state index is 11.0. The normalized spacial score (nSPS) is 11.4. The predicted molar refractivity (Wildman–Crippen MR) is 62.5 cm³/mol. The SMILES string of the molecule is CC(C)(C(=O)O)c1cc(Br)cc(Br)c1. The first-order valence-electron chi connectivity index (χ1n) is 4.04. The molecule has 1 N–H and O–H groups in total. The van der Waals surface area contributed by atoms with Crippen LogP contribution in [0.15, 0.2) is 27.1 Å². The van der Waals surface area contributed by atoms with E-state index >= 15 is 0 Å². The summed E-state index contributed by atoms with van der Waals surface area (Å²) in [6, 6.07) is 5.51. The number of carboxylic acids is 1. The second-order valence-electron chi connectivity index (χ2n) is 3.59. The fourth-order valence-electron chi connectivity index (χ4n) is 1.04. The lowest BCUT2D eigenvalue weighted by atomic mass is 9.85. The molecule has 0 heterocycles. The molecule has 0 fully saturated rings. The van der Waals surface area contributed by atoms with Crippen LogP contribution < -0.4 is 0 Å². The number of benzene rings is 1. The summed E-state index contributed by atoms with van der Waals surface area (Å²) in [5.74, 6) is -0.831. The molecule has 14 heavy (non-hydrogen) atoms. The monoisotopic (exact) mass is 320 g/mol. The zero-order valence-electron chi connectivity index (χ0n) is 7.84. The van der Waals surface area contributed by atoms with Crippen molar-refractivity contribution in [2.75, 3.05) is 0 Å². The van der Waals surface area contributed by atoms with Crippen LogP contribution in [0.2, 0.25) is 0 Å². The highest BCUT2D eigenvalue weighted by molar-refractivity contribution is 9.11. The van der Waals surface area contributed by atoms with Crippen LogP contribution in [0.5, 0.6) is 0 Å². The molecule has 0 bridgehead atoms. The minimum Gasteiger partial charge on any atom is -0.481 e. The molecule has 76 valence electrons. The molecule has 2 nitrogen and oxygen atoms in total. The number of hydrogen-bond acceptors (Lipinski definition) is 1. The molecule has 0 spiro atoms. The van der Waals surface area contributed by atoms with E-state index in [4.69, 9.17) is 5.11 Å². The lowest BCUT2D eigenvalue weighted by Crippen LogP contribution is -2.28. The Morgan fingerprint density at radius 3 is 2.00 bits per heavy atom. The third kappa shape index (κ3) is 2.36. The van der Waals surface area contributed by atoms with E-state index in [0.29, 0.717) is 0 Å². The van der Waals surface area contributed by atoms with Gasteiger partial charge >= 0.3 is 5.97 Å². The van der Waals surface area contributed by atoms with E-state index in [1.54, 1.807) is 13.8 Å². The fourth-order valence-corrected chi connectivity index (χ4v) is 2.33. The molecular weight excluding hydrogens is 312 g/mol. The van der Waals surface area contributed by atoms with Gasteiger partial charge in [0.1, 0.15) is 0 Å². The number of halogens is 2. The quantitative estimate of drug-likeness (QED) is 0.904. The molecule has 4 heteroatoms. The molecule has 0 aromatic heterocycles. The van der Waals surface area contributed by atoms with E-state index in [-0.39, 0.29) is 0 Å². The molecule has 0 amide bonds. The average Bonchev–Trinajstić information content (AvgIpc) is 2.01. The first-order chi connectivity index (χ1) is 6.34. The number of aliphatic carboxylic acids is 1. The largest absolute Gasteiger partial charge is 0.481 e. The van der Waals surface area contributed by atoms with Crippen molar-refractivity contribution in [3.05, 3.63) is 32.7 Å². The van der Waals surface area contributed by atoms with Crippen molar-refractivity contribution in [3.63, 3.8) is 0 Å². The standard InChI is InChI=1S/C10H10Br2O2/c1-10(2,9(13)14)6-3-7(11)5-8(12)4-6/h3-5H,1-2H3,(H,13,14). The van der Waals surface area contributed by atoms with Crippen LogP contribution in [0, 0.1) is 0 Å². The molecule has 1 aromatic carbocycles. The summed E-state index contributed by atoms with van der Waals surface area (Å²) >= 11 is 6.66. The molecular formula is C10H10Br2O2. The Morgan fingerprint density at radius 1 is 1.21 bits per heavy atom. The van der Waals surface area contributed by atoms with Crippen LogP contribution in [-0.4, -0.2) is 11.1 Å². The molecule has 0 aliphatic rings. The van der Waals surface area contributed by atoms with Gasteiger partial charge in [-0.05, 0) is 37.6 Å². The Labute approximate surface area is 99.6 Å². The average molecular weight is 322 g/mol. The summed E-state index contributed by atoms with van der Waals surface area (Å²) in [6.07, 6.45) is 0. The van der Waals surface area contributed by atoms with Crippen molar-refractivity contribution in [2.24, 2.45) is 0 Å². The van der Waals surface area contributed by atoms with Gasteiger partial charge < -0.3 is 5.11 Å². The summed E-state index contributed by atoms with van der Waals surface area (Å²) < 4.78 is 1.74. The Kier molecular flexibility index (Phi) is 3.37. The van der Waals surface area contributed by atoms with Crippen LogP contribution in [0.3, 0.4) is 0 Å².